The normalized spacial score (nSPS) is 11.1. The summed E-state index contributed by atoms with van der Waals surface area (Å²) in [5, 5.41) is 3.75. The van der Waals surface area contributed by atoms with Gasteiger partial charge in [0.2, 0.25) is 0 Å². The Kier molecular flexibility index (Phi) is 5.27. The molecule has 0 aromatic carbocycles. The maximum absolute atomic E-state index is 12.0. The molecule has 2 aromatic rings. The number of hydrogen-bond donors (Lipinski definition) is 2. The highest BCUT2D eigenvalue weighted by Crippen LogP contribution is 2.08. The fraction of sp³-hybridized carbons (Fsp3) is 0.533. The zero-order chi connectivity index (χ0) is 15.2. The van der Waals surface area contributed by atoms with Crippen LogP contribution in [0.3, 0.4) is 0 Å². The monoisotopic (exact) mass is 290 g/mol. The molecule has 0 unspecified atom stereocenters. The van der Waals surface area contributed by atoms with Gasteiger partial charge in [0.15, 0.2) is 0 Å². The molecule has 0 saturated heterocycles. The molecule has 0 spiro atoms. The Balaban J connectivity index is 2.42. The third-order valence-electron chi connectivity index (χ3n) is 3.38. The van der Waals surface area contributed by atoms with Crippen LogP contribution in [0.1, 0.15) is 38.7 Å². The Bertz CT molecular complexity index is 718. The highest BCUT2D eigenvalue weighted by molar-refractivity contribution is 5.74. The molecule has 2 rings (SSSR count). The molecule has 0 aliphatic carbocycles. The summed E-state index contributed by atoms with van der Waals surface area (Å²) in [4.78, 5) is 30.6. The van der Waals surface area contributed by atoms with Crippen molar-refractivity contribution in [2.45, 2.75) is 46.2 Å². The molecule has 2 aromatic heterocycles. The van der Waals surface area contributed by atoms with Crippen LogP contribution in [0.25, 0.3) is 11.0 Å². The molecule has 0 fully saturated rings. The number of aryl methyl sites for hydroxylation is 1. The van der Waals surface area contributed by atoms with E-state index in [4.69, 9.17) is 0 Å². The molecule has 0 bridgehead atoms. The van der Waals surface area contributed by atoms with E-state index in [0.29, 0.717) is 24.1 Å². The lowest BCUT2D eigenvalue weighted by Crippen LogP contribution is -2.31. The van der Waals surface area contributed by atoms with E-state index in [-0.39, 0.29) is 11.2 Å². The van der Waals surface area contributed by atoms with Crippen molar-refractivity contribution in [2.75, 3.05) is 6.54 Å². The van der Waals surface area contributed by atoms with Crippen molar-refractivity contribution in [2.24, 2.45) is 0 Å². The van der Waals surface area contributed by atoms with Crippen LogP contribution in [-0.2, 0) is 13.1 Å². The SMILES string of the molecule is CCCCn1c(=O)[nH]c(=O)c2cc(CNCCC)cnc21. The molecular formula is C15H22N4O2. The summed E-state index contributed by atoms with van der Waals surface area (Å²) >= 11 is 0. The Hall–Kier alpha value is -1.95. The van der Waals surface area contributed by atoms with Gasteiger partial charge < -0.3 is 5.32 Å². The predicted octanol–water partition coefficient (Wildman–Crippen LogP) is 1.38. The van der Waals surface area contributed by atoms with Crippen LogP contribution in [0.2, 0.25) is 0 Å². The molecule has 0 amide bonds. The Morgan fingerprint density at radius 1 is 1.29 bits per heavy atom. The zero-order valence-electron chi connectivity index (χ0n) is 12.6. The number of aromatic nitrogens is 3. The topological polar surface area (TPSA) is 79.8 Å². The molecule has 0 radical (unpaired) electrons. The van der Waals surface area contributed by atoms with Crippen LogP contribution >= 0.6 is 0 Å². The summed E-state index contributed by atoms with van der Waals surface area (Å²) < 4.78 is 1.55. The van der Waals surface area contributed by atoms with Crippen molar-refractivity contribution in [1.82, 2.24) is 19.9 Å². The van der Waals surface area contributed by atoms with Gasteiger partial charge in [-0.1, -0.05) is 20.3 Å². The number of fused-ring (bicyclic) bond motifs is 1. The van der Waals surface area contributed by atoms with E-state index in [9.17, 15) is 9.59 Å². The summed E-state index contributed by atoms with van der Waals surface area (Å²) in [7, 11) is 0. The van der Waals surface area contributed by atoms with Crippen LogP contribution in [0.4, 0.5) is 0 Å². The molecule has 0 saturated carbocycles. The Morgan fingerprint density at radius 2 is 2.10 bits per heavy atom. The molecule has 6 nitrogen and oxygen atoms in total. The number of nitrogens with one attached hydrogen (secondary N) is 2. The molecule has 2 N–H and O–H groups in total. The van der Waals surface area contributed by atoms with Gasteiger partial charge in [-0.15, -0.1) is 0 Å². The van der Waals surface area contributed by atoms with Gasteiger partial charge in [0.1, 0.15) is 5.65 Å². The van der Waals surface area contributed by atoms with Gasteiger partial charge >= 0.3 is 5.69 Å². The highest BCUT2D eigenvalue weighted by Gasteiger charge is 2.09. The van der Waals surface area contributed by atoms with E-state index in [1.165, 1.54) is 0 Å². The van der Waals surface area contributed by atoms with E-state index < -0.39 is 0 Å². The summed E-state index contributed by atoms with van der Waals surface area (Å²) in [5.74, 6) is 0. The lowest BCUT2D eigenvalue weighted by atomic mass is 10.2. The van der Waals surface area contributed by atoms with Gasteiger partial charge in [0.05, 0.1) is 5.39 Å². The Morgan fingerprint density at radius 3 is 2.81 bits per heavy atom. The van der Waals surface area contributed by atoms with Crippen LogP contribution in [0.5, 0.6) is 0 Å². The van der Waals surface area contributed by atoms with Crippen LogP contribution in [-0.4, -0.2) is 21.1 Å². The average molecular weight is 290 g/mol. The lowest BCUT2D eigenvalue weighted by molar-refractivity contribution is 0.612. The molecule has 6 heteroatoms. The maximum Gasteiger partial charge on any atom is 0.329 e. The van der Waals surface area contributed by atoms with E-state index in [1.807, 2.05) is 6.07 Å². The third-order valence-corrected chi connectivity index (χ3v) is 3.38. The summed E-state index contributed by atoms with van der Waals surface area (Å²) in [6.07, 6.45) is 4.64. The third kappa shape index (κ3) is 3.58. The number of rotatable bonds is 7. The fourth-order valence-corrected chi connectivity index (χ4v) is 2.24. The summed E-state index contributed by atoms with van der Waals surface area (Å²) in [6.45, 7) is 6.32. The Labute approximate surface area is 123 Å². The predicted molar refractivity (Wildman–Crippen MR) is 83.5 cm³/mol. The lowest BCUT2D eigenvalue weighted by Gasteiger charge is -2.09. The first-order valence-corrected chi connectivity index (χ1v) is 7.49. The fourth-order valence-electron chi connectivity index (χ4n) is 2.24. The van der Waals surface area contributed by atoms with Gasteiger partial charge in [0, 0.05) is 19.3 Å². The second-order valence-corrected chi connectivity index (χ2v) is 5.16. The molecule has 21 heavy (non-hydrogen) atoms. The molecule has 114 valence electrons. The maximum atomic E-state index is 12.0. The van der Waals surface area contributed by atoms with Crippen LogP contribution < -0.4 is 16.6 Å². The van der Waals surface area contributed by atoms with Crippen molar-refractivity contribution in [1.29, 1.82) is 0 Å². The molecule has 0 atom stereocenters. The van der Waals surface area contributed by atoms with Gasteiger partial charge in [-0.25, -0.2) is 9.78 Å². The molecular weight excluding hydrogens is 268 g/mol. The van der Waals surface area contributed by atoms with E-state index in [0.717, 1.165) is 31.4 Å². The minimum Gasteiger partial charge on any atom is -0.313 e. The van der Waals surface area contributed by atoms with E-state index >= 15 is 0 Å². The first-order chi connectivity index (χ1) is 10.2. The first-order valence-electron chi connectivity index (χ1n) is 7.49. The number of aromatic amines is 1. The quantitative estimate of drug-likeness (QED) is 0.755. The average Bonchev–Trinajstić information content (AvgIpc) is 2.48. The number of pyridine rings is 1. The number of H-pyrrole nitrogens is 1. The second kappa shape index (κ2) is 7.17. The largest absolute Gasteiger partial charge is 0.329 e. The van der Waals surface area contributed by atoms with Crippen molar-refractivity contribution < 1.29 is 0 Å². The van der Waals surface area contributed by atoms with Crippen LogP contribution in [0, 0.1) is 0 Å². The van der Waals surface area contributed by atoms with Crippen molar-refractivity contribution in [3.8, 4) is 0 Å². The first kappa shape index (κ1) is 15.4. The van der Waals surface area contributed by atoms with E-state index in [1.54, 1.807) is 10.8 Å². The van der Waals surface area contributed by atoms with Crippen molar-refractivity contribution in [3.63, 3.8) is 0 Å². The minimum atomic E-state index is -0.384. The second-order valence-electron chi connectivity index (χ2n) is 5.16. The standard InChI is InChI=1S/C15H22N4O2/c1-3-5-7-19-13-12(14(20)18-15(19)21)8-11(10-17-13)9-16-6-4-2/h8,10,16H,3-7,9H2,1-2H3,(H,18,20,21). The summed E-state index contributed by atoms with van der Waals surface area (Å²) in [5.41, 5.74) is 0.663. The van der Waals surface area contributed by atoms with Crippen LogP contribution in [0.15, 0.2) is 21.9 Å². The zero-order valence-corrected chi connectivity index (χ0v) is 12.6. The van der Waals surface area contributed by atoms with Gasteiger partial charge in [0.25, 0.3) is 5.56 Å². The van der Waals surface area contributed by atoms with Gasteiger partial charge in [-0.3, -0.25) is 14.3 Å². The minimum absolute atomic E-state index is 0.368. The molecule has 0 aliphatic heterocycles. The number of hydrogen-bond acceptors (Lipinski definition) is 4. The van der Waals surface area contributed by atoms with E-state index in [2.05, 4.69) is 29.1 Å². The summed E-state index contributed by atoms with van der Waals surface area (Å²) in [6, 6.07) is 1.81. The van der Waals surface area contributed by atoms with Gasteiger partial charge in [-0.05, 0) is 31.0 Å². The van der Waals surface area contributed by atoms with Gasteiger partial charge in [-0.2, -0.15) is 0 Å². The van der Waals surface area contributed by atoms with Crippen molar-refractivity contribution >= 4 is 11.0 Å². The smallest absolute Gasteiger partial charge is 0.313 e. The number of nitrogens with zero attached hydrogens (tertiary/aromatic N) is 2. The number of unbranched alkanes of at least 4 members (excludes halogenated alkanes) is 1. The highest BCUT2D eigenvalue weighted by atomic mass is 16.2. The molecule has 0 aliphatic rings. The molecule has 2 heterocycles. The van der Waals surface area contributed by atoms with Crippen molar-refractivity contribution in [3.05, 3.63) is 38.7 Å².